The van der Waals surface area contributed by atoms with Crippen LogP contribution in [0.4, 0.5) is 5.95 Å². The molecule has 0 radical (unpaired) electrons. The van der Waals surface area contributed by atoms with Gasteiger partial charge in [0.2, 0.25) is 5.95 Å². The van der Waals surface area contributed by atoms with E-state index in [4.69, 9.17) is 0 Å². The summed E-state index contributed by atoms with van der Waals surface area (Å²) in [7, 11) is 1.52. The number of imidazole rings is 1. The van der Waals surface area contributed by atoms with E-state index in [0.29, 0.717) is 0 Å². The molecular formula is C17H20N6O3. The first-order chi connectivity index (χ1) is 12.4. The molecule has 136 valence electrons. The molecule has 2 heterocycles. The minimum atomic E-state index is -0.719. The molecule has 0 amide bonds. The zero-order valence-electron chi connectivity index (χ0n) is 14.7. The van der Waals surface area contributed by atoms with E-state index >= 15 is 0 Å². The Morgan fingerprint density at radius 3 is 2.69 bits per heavy atom. The summed E-state index contributed by atoms with van der Waals surface area (Å²) in [6.07, 6.45) is -0.719. The van der Waals surface area contributed by atoms with E-state index in [2.05, 4.69) is 20.5 Å². The second-order valence-corrected chi connectivity index (χ2v) is 6.06. The van der Waals surface area contributed by atoms with Crippen molar-refractivity contribution in [1.29, 1.82) is 0 Å². The number of nitrogens with one attached hydrogen (secondary N) is 2. The lowest BCUT2D eigenvalue weighted by Gasteiger charge is -2.10. The standard InChI is InChI=1S/C17H20N6O3/c1-10(24)9-23-13-14(22(3)17(26)19-15(13)25)18-16(23)21-20-11(2)12-7-5-4-6-8-12/h4-8,10,24H,9H2,1-3H3,(H,18,21)(H,19,25,26)/b20-11-/t10-/m1/s1. The predicted molar refractivity (Wildman–Crippen MR) is 99.6 cm³/mol. The van der Waals surface area contributed by atoms with Crippen LogP contribution in [0.1, 0.15) is 19.4 Å². The Hall–Kier alpha value is -3.20. The number of H-pyrrole nitrogens is 1. The average molecular weight is 356 g/mol. The summed E-state index contributed by atoms with van der Waals surface area (Å²) in [6.45, 7) is 3.57. The highest BCUT2D eigenvalue weighted by molar-refractivity contribution is 5.99. The van der Waals surface area contributed by atoms with Gasteiger partial charge in [-0.25, -0.2) is 10.2 Å². The molecule has 0 saturated carbocycles. The van der Waals surface area contributed by atoms with Crippen molar-refractivity contribution >= 4 is 22.8 Å². The van der Waals surface area contributed by atoms with Crippen molar-refractivity contribution < 1.29 is 5.11 Å². The second kappa shape index (κ2) is 6.96. The van der Waals surface area contributed by atoms with Crippen LogP contribution in [0.2, 0.25) is 0 Å². The van der Waals surface area contributed by atoms with E-state index in [-0.39, 0.29) is 23.7 Å². The van der Waals surface area contributed by atoms with Gasteiger partial charge in [-0.2, -0.15) is 10.1 Å². The molecule has 9 nitrogen and oxygen atoms in total. The van der Waals surface area contributed by atoms with Crippen molar-refractivity contribution in [2.75, 3.05) is 5.43 Å². The number of rotatable bonds is 5. The number of aliphatic hydroxyl groups is 1. The van der Waals surface area contributed by atoms with Crippen LogP contribution in [0.15, 0.2) is 45.0 Å². The smallest absolute Gasteiger partial charge is 0.329 e. The highest BCUT2D eigenvalue weighted by Crippen LogP contribution is 2.16. The van der Waals surface area contributed by atoms with Crippen LogP contribution in [-0.2, 0) is 13.6 Å². The van der Waals surface area contributed by atoms with E-state index in [9.17, 15) is 14.7 Å². The van der Waals surface area contributed by atoms with Crippen LogP contribution in [-0.4, -0.2) is 36.0 Å². The topological polar surface area (TPSA) is 117 Å². The number of hydrogen-bond acceptors (Lipinski definition) is 6. The SMILES string of the molecule is C/C(=N/Nc1nc2c(c(=O)[nH]c(=O)n2C)n1C[C@@H](C)O)c1ccccc1. The Morgan fingerprint density at radius 2 is 2.04 bits per heavy atom. The molecule has 0 unspecified atom stereocenters. The van der Waals surface area contributed by atoms with Crippen LogP contribution in [0.25, 0.3) is 11.2 Å². The number of aryl methyl sites for hydroxylation is 1. The van der Waals surface area contributed by atoms with Gasteiger partial charge in [-0.3, -0.25) is 14.3 Å². The molecule has 3 aromatic rings. The van der Waals surface area contributed by atoms with Crippen molar-refractivity contribution in [3.8, 4) is 0 Å². The predicted octanol–water partition coefficient (Wildman–Crippen LogP) is 0.640. The fourth-order valence-corrected chi connectivity index (χ4v) is 2.64. The van der Waals surface area contributed by atoms with Crippen LogP contribution in [0, 0.1) is 0 Å². The highest BCUT2D eigenvalue weighted by atomic mass is 16.3. The van der Waals surface area contributed by atoms with Crippen molar-refractivity contribution in [2.45, 2.75) is 26.5 Å². The Morgan fingerprint density at radius 1 is 1.35 bits per heavy atom. The van der Waals surface area contributed by atoms with Crippen molar-refractivity contribution in [2.24, 2.45) is 12.1 Å². The second-order valence-electron chi connectivity index (χ2n) is 6.06. The quantitative estimate of drug-likeness (QED) is 0.458. The zero-order valence-corrected chi connectivity index (χ0v) is 14.7. The largest absolute Gasteiger partial charge is 0.392 e. The summed E-state index contributed by atoms with van der Waals surface area (Å²) >= 11 is 0. The minimum Gasteiger partial charge on any atom is -0.392 e. The van der Waals surface area contributed by atoms with E-state index in [0.717, 1.165) is 11.3 Å². The molecule has 0 spiro atoms. The number of aromatic amines is 1. The first kappa shape index (κ1) is 17.6. The number of fused-ring (bicyclic) bond motifs is 1. The summed E-state index contributed by atoms with van der Waals surface area (Å²) < 4.78 is 2.76. The van der Waals surface area contributed by atoms with Crippen molar-refractivity contribution in [1.82, 2.24) is 19.1 Å². The molecular weight excluding hydrogens is 336 g/mol. The minimum absolute atomic E-state index is 0.125. The highest BCUT2D eigenvalue weighted by Gasteiger charge is 2.18. The summed E-state index contributed by atoms with van der Waals surface area (Å²) in [5, 5.41) is 14.1. The number of nitrogens with zero attached hydrogens (tertiary/aromatic N) is 4. The van der Waals surface area contributed by atoms with E-state index in [1.54, 1.807) is 6.92 Å². The molecule has 0 aliphatic rings. The molecule has 1 atom stereocenters. The van der Waals surface area contributed by atoms with Gasteiger partial charge in [0.05, 0.1) is 18.4 Å². The van der Waals surface area contributed by atoms with E-state index < -0.39 is 17.4 Å². The lowest BCUT2D eigenvalue weighted by molar-refractivity contribution is 0.175. The van der Waals surface area contributed by atoms with Gasteiger partial charge in [-0.15, -0.1) is 0 Å². The molecule has 0 aliphatic carbocycles. The molecule has 9 heteroatoms. The molecule has 1 aromatic carbocycles. The lowest BCUT2D eigenvalue weighted by atomic mass is 10.1. The average Bonchev–Trinajstić information content (AvgIpc) is 2.97. The van der Waals surface area contributed by atoms with Crippen molar-refractivity contribution in [3.63, 3.8) is 0 Å². The van der Waals surface area contributed by atoms with Crippen LogP contribution >= 0.6 is 0 Å². The fourth-order valence-electron chi connectivity index (χ4n) is 2.64. The number of benzene rings is 1. The Balaban J connectivity index is 2.10. The van der Waals surface area contributed by atoms with E-state index in [1.807, 2.05) is 37.3 Å². The molecule has 0 saturated heterocycles. The normalized spacial score (nSPS) is 13.2. The maximum absolute atomic E-state index is 12.3. The third-order valence-electron chi connectivity index (χ3n) is 3.97. The van der Waals surface area contributed by atoms with Gasteiger partial charge in [0, 0.05) is 7.05 Å². The van der Waals surface area contributed by atoms with Crippen LogP contribution in [0.3, 0.4) is 0 Å². The lowest BCUT2D eigenvalue weighted by Crippen LogP contribution is -2.29. The van der Waals surface area contributed by atoms with E-state index in [1.165, 1.54) is 16.2 Å². The summed E-state index contributed by atoms with van der Waals surface area (Å²) in [5.74, 6) is 0.267. The maximum atomic E-state index is 12.3. The van der Waals surface area contributed by atoms with Gasteiger partial charge in [-0.1, -0.05) is 30.3 Å². The molecule has 0 fully saturated rings. The molecule has 2 aromatic heterocycles. The summed E-state index contributed by atoms with van der Waals surface area (Å²) in [5.41, 5.74) is 3.80. The summed E-state index contributed by atoms with van der Waals surface area (Å²) in [4.78, 5) is 30.6. The molecule has 0 bridgehead atoms. The summed E-state index contributed by atoms with van der Waals surface area (Å²) in [6, 6.07) is 9.58. The molecule has 26 heavy (non-hydrogen) atoms. The number of aromatic nitrogens is 4. The first-order valence-electron chi connectivity index (χ1n) is 8.12. The number of anilines is 1. The molecule has 3 rings (SSSR count). The van der Waals surface area contributed by atoms with Gasteiger partial charge >= 0.3 is 5.69 Å². The van der Waals surface area contributed by atoms with Crippen LogP contribution in [0.5, 0.6) is 0 Å². The van der Waals surface area contributed by atoms with Crippen molar-refractivity contribution in [3.05, 3.63) is 56.7 Å². The molecule has 3 N–H and O–H groups in total. The van der Waals surface area contributed by atoms with Gasteiger partial charge in [0.15, 0.2) is 11.2 Å². The number of hydrogen-bond donors (Lipinski definition) is 3. The van der Waals surface area contributed by atoms with Gasteiger partial charge in [-0.05, 0) is 19.4 Å². The van der Waals surface area contributed by atoms with Crippen LogP contribution < -0.4 is 16.7 Å². The Bertz CT molecular complexity index is 1080. The van der Waals surface area contributed by atoms with Gasteiger partial charge < -0.3 is 9.67 Å². The monoisotopic (exact) mass is 356 g/mol. The zero-order chi connectivity index (χ0) is 18.8. The Labute approximate surface area is 148 Å². The number of hydrazone groups is 1. The fraction of sp³-hybridized carbons (Fsp3) is 0.294. The third-order valence-corrected chi connectivity index (χ3v) is 3.97. The third kappa shape index (κ3) is 3.29. The van der Waals surface area contributed by atoms with Gasteiger partial charge in [0.1, 0.15) is 0 Å². The number of aliphatic hydroxyl groups excluding tert-OH is 1. The van der Waals surface area contributed by atoms with Gasteiger partial charge in [0.25, 0.3) is 5.56 Å². The maximum Gasteiger partial charge on any atom is 0.329 e. The Kier molecular flexibility index (Phi) is 4.72. The molecule has 0 aliphatic heterocycles. The first-order valence-corrected chi connectivity index (χ1v) is 8.12.